The Morgan fingerprint density at radius 3 is 2.73 bits per heavy atom. The number of carbonyl (C=O) groups excluding carboxylic acids is 2. The number of rotatable bonds is 5. The van der Waals surface area contributed by atoms with Crippen molar-refractivity contribution < 1.29 is 14.0 Å². The van der Waals surface area contributed by atoms with Crippen LogP contribution >= 0.6 is 0 Å². The van der Waals surface area contributed by atoms with Crippen LogP contribution in [0, 0.1) is 5.82 Å². The Morgan fingerprint density at radius 2 is 1.97 bits per heavy atom. The van der Waals surface area contributed by atoms with Crippen LogP contribution in [-0.2, 0) is 9.59 Å². The lowest BCUT2D eigenvalue weighted by Crippen LogP contribution is -2.44. The summed E-state index contributed by atoms with van der Waals surface area (Å²) >= 11 is 0. The molecule has 0 spiro atoms. The highest BCUT2D eigenvalue weighted by molar-refractivity contribution is 5.91. The highest BCUT2D eigenvalue weighted by atomic mass is 19.1. The van der Waals surface area contributed by atoms with Gasteiger partial charge in [0.2, 0.25) is 11.8 Å². The first-order chi connectivity index (χ1) is 16.1. The normalized spacial score (nSPS) is 20.0. The molecule has 4 heterocycles. The SMILES string of the molecule is O=C1CC[C@@H](C(=O)N2CCCC2c2nc(Nc3cccc(F)c3)cc(-c3ccncc3)n2)N1. The number of carbonyl (C=O) groups is 2. The van der Waals surface area contributed by atoms with Gasteiger partial charge in [0.25, 0.3) is 0 Å². The summed E-state index contributed by atoms with van der Waals surface area (Å²) < 4.78 is 13.7. The monoisotopic (exact) mass is 446 g/mol. The number of hydrogen-bond acceptors (Lipinski definition) is 6. The molecule has 2 fully saturated rings. The van der Waals surface area contributed by atoms with Crippen LogP contribution in [-0.4, -0.2) is 44.3 Å². The van der Waals surface area contributed by atoms with Crippen LogP contribution in [0.25, 0.3) is 11.3 Å². The van der Waals surface area contributed by atoms with E-state index >= 15 is 0 Å². The molecule has 2 aliphatic heterocycles. The summed E-state index contributed by atoms with van der Waals surface area (Å²) in [7, 11) is 0. The van der Waals surface area contributed by atoms with Crippen molar-refractivity contribution in [1.82, 2.24) is 25.2 Å². The third-order valence-corrected chi connectivity index (χ3v) is 5.94. The second kappa shape index (κ2) is 8.93. The molecule has 2 aromatic heterocycles. The molecule has 0 radical (unpaired) electrons. The number of benzene rings is 1. The summed E-state index contributed by atoms with van der Waals surface area (Å²) in [5.41, 5.74) is 2.10. The number of pyridine rings is 1. The summed E-state index contributed by atoms with van der Waals surface area (Å²) in [6.45, 7) is 0.589. The van der Waals surface area contributed by atoms with E-state index < -0.39 is 6.04 Å². The maximum atomic E-state index is 13.7. The van der Waals surface area contributed by atoms with E-state index in [-0.39, 0.29) is 23.7 Å². The van der Waals surface area contributed by atoms with Gasteiger partial charge in [-0.15, -0.1) is 0 Å². The molecule has 1 aromatic carbocycles. The first kappa shape index (κ1) is 21.0. The summed E-state index contributed by atoms with van der Waals surface area (Å²) in [4.78, 5) is 40.1. The van der Waals surface area contributed by atoms with Crippen molar-refractivity contribution in [3.8, 4) is 11.3 Å². The van der Waals surface area contributed by atoms with E-state index in [1.165, 1.54) is 12.1 Å². The number of aromatic nitrogens is 3. The number of nitrogens with one attached hydrogen (secondary N) is 2. The Labute approximate surface area is 190 Å². The summed E-state index contributed by atoms with van der Waals surface area (Å²) in [6, 6.07) is 10.8. The van der Waals surface area contributed by atoms with Crippen molar-refractivity contribution in [3.05, 3.63) is 66.5 Å². The lowest BCUT2D eigenvalue weighted by Gasteiger charge is -2.27. The zero-order chi connectivity index (χ0) is 22.8. The smallest absolute Gasteiger partial charge is 0.245 e. The molecule has 2 amide bonds. The van der Waals surface area contributed by atoms with E-state index in [1.54, 1.807) is 35.5 Å². The Morgan fingerprint density at radius 1 is 1.12 bits per heavy atom. The van der Waals surface area contributed by atoms with Crippen molar-refractivity contribution >= 4 is 23.3 Å². The topological polar surface area (TPSA) is 100 Å². The number of anilines is 2. The number of hydrogen-bond donors (Lipinski definition) is 2. The van der Waals surface area contributed by atoms with Gasteiger partial charge < -0.3 is 15.5 Å². The van der Waals surface area contributed by atoms with Crippen molar-refractivity contribution in [2.24, 2.45) is 0 Å². The second-order valence-corrected chi connectivity index (χ2v) is 8.22. The molecule has 0 saturated carbocycles. The van der Waals surface area contributed by atoms with Crippen LogP contribution in [0.4, 0.5) is 15.9 Å². The van der Waals surface area contributed by atoms with Crippen LogP contribution in [0.2, 0.25) is 0 Å². The van der Waals surface area contributed by atoms with E-state index in [1.807, 2.05) is 12.1 Å². The van der Waals surface area contributed by atoms with E-state index in [4.69, 9.17) is 9.97 Å². The Balaban J connectivity index is 1.50. The van der Waals surface area contributed by atoms with Gasteiger partial charge in [0.1, 0.15) is 17.7 Å². The quantitative estimate of drug-likeness (QED) is 0.623. The molecule has 2 aliphatic rings. The van der Waals surface area contributed by atoms with Gasteiger partial charge in [-0.25, -0.2) is 14.4 Å². The predicted molar refractivity (Wildman–Crippen MR) is 120 cm³/mol. The van der Waals surface area contributed by atoms with Crippen molar-refractivity contribution in [3.63, 3.8) is 0 Å². The van der Waals surface area contributed by atoms with Gasteiger partial charge in [-0.2, -0.15) is 0 Å². The zero-order valence-corrected chi connectivity index (χ0v) is 17.9. The largest absolute Gasteiger partial charge is 0.344 e. The Bertz CT molecular complexity index is 1190. The van der Waals surface area contributed by atoms with Crippen molar-refractivity contribution in [2.75, 3.05) is 11.9 Å². The molecule has 1 unspecified atom stereocenters. The van der Waals surface area contributed by atoms with Gasteiger partial charge in [0.05, 0.1) is 11.7 Å². The minimum absolute atomic E-state index is 0.0957. The van der Waals surface area contributed by atoms with Gasteiger partial charge in [-0.3, -0.25) is 14.6 Å². The number of halogens is 1. The fourth-order valence-electron chi connectivity index (χ4n) is 4.36. The number of likely N-dealkylation sites (tertiary alicyclic amines) is 1. The average molecular weight is 446 g/mol. The van der Waals surface area contributed by atoms with Crippen LogP contribution in [0.15, 0.2) is 54.9 Å². The molecule has 8 nitrogen and oxygen atoms in total. The lowest BCUT2D eigenvalue weighted by atomic mass is 10.1. The lowest BCUT2D eigenvalue weighted by molar-refractivity contribution is -0.135. The van der Waals surface area contributed by atoms with E-state index in [0.717, 1.165) is 18.4 Å². The maximum Gasteiger partial charge on any atom is 0.245 e. The molecule has 2 N–H and O–H groups in total. The third-order valence-electron chi connectivity index (χ3n) is 5.94. The molecule has 168 valence electrons. The third kappa shape index (κ3) is 4.52. The standard InChI is InChI=1S/C24H23FN6O2/c25-16-3-1-4-17(13-16)27-21-14-19(15-8-10-26-11-9-15)29-23(30-21)20-5-2-12-31(20)24(33)18-6-7-22(32)28-18/h1,3-4,8-11,13-14,18,20H,2,5-7,12H2,(H,28,32)(H,27,29,30)/t18-,20?/m0/s1. The molecular formula is C24H23FN6O2. The molecular weight excluding hydrogens is 423 g/mol. The molecule has 2 saturated heterocycles. The van der Waals surface area contributed by atoms with Crippen molar-refractivity contribution in [2.45, 2.75) is 37.8 Å². The zero-order valence-electron chi connectivity index (χ0n) is 17.9. The first-order valence-electron chi connectivity index (χ1n) is 11.0. The van der Waals surface area contributed by atoms with E-state index in [2.05, 4.69) is 15.6 Å². The minimum atomic E-state index is -0.494. The summed E-state index contributed by atoms with van der Waals surface area (Å²) in [6.07, 6.45) is 5.80. The summed E-state index contributed by atoms with van der Waals surface area (Å²) in [5.74, 6) is 0.474. The van der Waals surface area contributed by atoms with Crippen LogP contribution in [0.5, 0.6) is 0 Å². The van der Waals surface area contributed by atoms with Gasteiger partial charge in [-0.1, -0.05) is 6.07 Å². The van der Waals surface area contributed by atoms with Crippen LogP contribution in [0.1, 0.15) is 37.5 Å². The molecule has 3 aromatic rings. The predicted octanol–water partition coefficient (Wildman–Crippen LogP) is 3.36. The number of amides is 2. The van der Waals surface area contributed by atoms with Gasteiger partial charge >= 0.3 is 0 Å². The van der Waals surface area contributed by atoms with E-state index in [9.17, 15) is 14.0 Å². The second-order valence-electron chi connectivity index (χ2n) is 8.22. The van der Waals surface area contributed by atoms with Crippen LogP contribution < -0.4 is 10.6 Å². The van der Waals surface area contributed by atoms with Gasteiger partial charge in [-0.05, 0) is 49.6 Å². The average Bonchev–Trinajstić information content (AvgIpc) is 3.48. The van der Waals surface area contributed by atoms with E-state index in [0.29, 0.717) is 42.4 Å². The Hall–Kier alpha value is -3.88. The molecule has 33 heavy (non-hydrogen) atoms. The molecule has 9 heteroatoms. The Kier molecular flexibility index (Phi) is 5.68. The first-order valence-corrected chi connectivity index (χ1v) is 11.0. The van der Waals surface area contributed by atoms with Crippen molar-refractivity contribution in [1.29, 1.82) is 0 Å². The van der Waals surface area contributed by atoms with Gasteiger partial charge in [0, 0.05) is 42.7 Å². The molecule has 5 rings (SSSR count). The minimum Gasteiger partial charge on any atom is -0.344 e. The molecule has 0 bridgehead atoms. The summed E-state index contributed by atoms with van der Waals surface area (Å²) in [5, 5.41) is 5.92. The van der Waals surface area contributed by atoms with Crippen LogP contribution in [0.3, 0.4) is 0 Å². The fourth-order valence-corrected chi connectivity index (χ4v) is 4.36. The highest BCUT2D eigenvalue weighted by Crippen LogP contribution is 2.33. The maximum absolute atomic E-state index is 13.7. The molecule has 0 aliphatic carbocycles. The molecule has 2 atom stereocenters. The number of nitrogens with zero attached hydrogens (tertiary/aromatic N) is 4. The highest BCUT2D eigenvalue weighted by Gasteiger charge is 2.38. The van der Waals surface area contributed by atoms with Gasteiger partial charge in [0.15, 0.2) is 5.82 Å². The fraction of sp³-hybridized carbons (Fsp3) is 0.292.